The number of hydrogen-bond donors (Lipinski definition) is 1. The van der Waals surface area contributed by atoms with Gasteiger partial charge in [-0.15, -0.1) is 0 Å². The molecule has 0 unspecified atom stereocenters. The van der Waals surface area contributed by atoms with E-state index >= 15 is 0 Å². The molecule has 1 fully saturated rings. The highest BCUT2D eigenvalue weighted by atomic mass is 16.5. The molecule has 1 aromatic rings. The Labute approximate surface area is 149 Å². The summed E-state index contributed by atoms with van der Waals surface area (Å²) in [7, 11) is 3.13. The number of rotatable bonds is 7. The van der Waals surface area contributed by atoms with E-state index in [1.807, 2.05) is 11.8 Å². The van der Waals surface area contributed by atoms with E-state index in [4.69, 9.17) is 9.47 Å². The second-order valence-electron chi connectivity index (χ2n) is 6.38. The molecule has 1 aromatic carbocycles. The molecule has 2 amide bonds. The van der Waals surface area contributed by atoms with Crippen molar-refractivity contribution in [3.8, 4) is 11.5 Å². The Balaban J connectivity index is 1.98. The van der Waals surface area contributed by atoms with Gasteiger partial charge in [0.15, 0.2) is 11.5 Å². The van der Waals surface area contributed by atoms with Crippen LogP contribution in [0.2, 0.25) is 0 Å². The van der Waals surface area contributed by atoms with Crippen LogP contribution in [-0.2, 0) is 4.79 Å². The quantitative estimate of drug-likeness (QED) is 0.822. The van der Waals surface area contributed by atoms with Crippen molar-refractivity contribution < 1.29 is 19.1 Å². The van der Waals surface area contributed by atoms with Crippen molar-refractivity contribution >= 4 is 11.8 Å². The molecule has 0 saturated carbocycles. The van der Waals surface area contributed by atoms with Gasteiger partial charge in [-0.1, -0.05) is 6.92 Å². The van der Waals surface area contributed by atoms with Crippen molar-refractivity contribution in [2.75, 3.05) is 33.9 Å². The third kappa shape index (κ3) is 5.11. The molecule has 1 aliphatic heterocycles. The number of hydrogen-bond acceptors (Lipinski definition) is 4. The van der Waals surface area contributed by atoms with Crippen molar-refractivity contribution in [1.82, 2.24) is 10.2 Å². The van der Waals surface area contributed by atoms with Crippen LogP contribution in [0, 0.1) is 5.92 Å². The zero-order valence-electron chi connectivity index (χ0n) is 15.3. The summed E-state index contributed by atoms with van der Waals surface area (Å²) in [5.41, 5.74) is 0.591. The summed E-state index contributed by atoms with van der Waals surface area (Å²) >= 11 is 0. The number of amides is 2. The zero-order valence-corrected chi connectivity index (χ0v) is 15.3. The van der Waals surface area contributed by atoms with Gasteiger partial charge in [-0.2, -0.15) is 0 Å². The summed E-state index contributed by atoms with van der Waals surface area (Å²) in [6.45, 7) is 4.03. The molecule has 1 atom stereocenters. The van der Waals surface area contributed by atoms with Crippen LogP contribution in [0.1, 0.15) is 43.0 Å². The molecular weight excluding hydrogens is 320 g/mol. The first-order valence-electron chi connectivity index (χ1n) is 8.87. The van der Waals surface area contributed by atoms with Crippen LogP contribution in [-0.4, -0.2) is 50.6 Å². The van der Waals surface area contributed by atoms with Gasteiger partial charge in [0.25, 0.3) is 5.91 Å². The van der Waals surface area contributed by atoms with Crippen molar-refractivity contribution in [1.29, 1.82) is 0 Å². The van der Waals surface area contributed by atoms with Gasteiger partial charge >= 0.3 is 0 Å². The Morgan fingerprint density at radius 2 is 2.00 bits per heavy atom. The Hall–Kier alpha value is -2.24. The Bertz CT molecular complexity index is 603. The molecule has 1 heterocycles. The van der Waals surface area contributed by atoms with Gasteiger partial charge in [-0.3, -0.25) is 9.59 Å². The maximum atomic E-state index is 12.8. The van der Waals surface area contributed by atoms with Gasteiger partial charge < -0.3 is 19.7 Å². The lowest BCUT2D eigenvalue weighted by Crippen LogP contribution is -2.43. The van der Waals surface area contributed by atoms with Gasteiger partial charge in [-0.25, -0.2) is 0 Å². The fraction of sp³-hybridized carbons (Fsp3) is 0.579. The molecule has 1 aliphatic rings. The molecule has 1 saturated heterocycles. The minimum absolute atomic E-state index is 0.00876. The second-order valence-corrected chi connectivity index (χ2v) is 6.38. The van der Waals surface area contributed by atoms with Crippen LogP contribution in [0.4, 0.5) is 0 Å². The van der Waals surface area contributed by atoms with Gasteiger partial charge in [0.2, 0.25) is 5.91 Å². The van der Waals surface area contributed by atoms with Gasteiger partial charge in [0.1, 0.15) is 0 Å². The van der Waals surface area contributed by atoms with Gasteiger partial charge in [0.05, 0.1) is 14.2 Å². The van der Waals surface area contributed by atoms with Crippen molar-refractivity contribution in [3.05, 3.63) is 23.8 Å². The van der Waals surface area contributed by atoms with E-state index in [0.29, 0.717) is 42.5 Å². The number of methoxy groups -OCH3 is 2. The molecule has 0 aliphatic carbocycles. The minimum atomic E-state index is -0.00876. The summed E-state index contributed by atoms with van der Waals surface area (Å²) in [6.07, 6.45) is 3.39. The fourth-order valence-electron chi connectivity index (χ4n) is 3.14. The van der Waals surface area contributed by atoms with E-state index in [1.165, 1.54) is 0 Å². The Morgan fingerprint density at radius 3 is 2.68 bits per heavy atom. The molecule has 0 spiro atoms. The molecule has 1 N–H and O–H groups in total. The number of carbonyl (C=O) groups excluding carboxylic acids is 2. The predicted octanol–water partition coefficient (Wildman–Crippen LogP) is 2.47. The SMILES string of the molecule is CCCC(=O)NC[C@H]1CCCN(C(=O)c2ccc(OC)c(OC)c2)C1. The van der Waals surface area contributed by atoms with Gasteiger partial charge in [-0.05, 0) is 43.4 Å². The van der Waals surface area contributed by atoms with Crippen LogP contribution in [0.5, 0.6) is 11.5 Å². The van der Waals surface area contributed by atoms with E-state index in [2.05, 4.69) is 5.32 Å². The third-order valence-corrected chi connectivity index (χ3v) is 4.50. The highest BCUT2D eigenvalue weighted by Gasteiger charge is 2.25. The summed E-state index contributed by atoms with van der Waals surface area (Å²) in [5, 5.41) is 2.97. The lowest BCUT2D eigenvalue weighted by atomic mass is 9.97. The van der Waals surface area contributed by atoms with Crippen LogP contribution in [0.3, 0.4) is 0 Å². The van der Waals surface area contributed by atoms with E-state index in [1.54, 1.807) is 32.4 Å². The van der Waals surface area contributed by atoms with E-state index in [0.717, 1.165) is 25.8 Å². The number of carbonyl (C=O) groups is 2. The molecule has 0 bridgehead atoms. The van der Waals surface area contributed by atoms with Gasteiger partial charge in [0, 0.05) is 31.6 Å². The highest BCUT2D eigenvalue weighted by Crippen LogP contribution is 2.28. The first-order chi connectivity index (χ1) is 12.1. The van der Waals surface area contributed by atoms with Crippen LogP contribution < -0.4 is 14.8 Å². The van der Waals surface area contributed by atoms with E-state index in [-0.39, 0.29) is 11.8 Å². The first-order valence-corrected chi connectivity index (χ1v) is 8.87. The standard InChI is InChI=1S/C19H28N2O4/c1-4-6-18(22)20-12-14-7-5-10-21(13-14)19(23)15-8-9-16(24-2)17(11-15)25-3/h8-9,11,14H,4-7,10,12-13H2,1-3H3,(H,20,22)/t14-/m1/s1. The molecule has 25 heavy (non-hydrogen) atoms. The number of benzene rings is 1. The lowest BCUT2D eigenvalue weighted by molar-refractivity contribution is -0.121. The Morgan fingerprint density at radius 1 is 1.24 bits per heavy atom. The smallest absolute Gasteiger partial charge is 0.254 e. The average molecular weight is 348 g/mol. The molecule has 6 heteroatoms. The Kier molecular flexibility index (Phi) is 7.10. The van der Waals surface area contributed by atoms with E-state index in [9.17, 15) is 9.59 Å². The summed E-state index contributed by atoms with van der Waals surface area (Å²) in [4.78, 5) is 26.3. The molecule has 2 rings (SSSR count). The lowest BCUT2D eigenvalue weighted by Gasteiger charge is -2.33. The average Bonchev–Trinajstić information content (AvgIpc) is 2.65. The summed E-state index contributed by atoms with van der Waals surface area (Å²) in [5.74, 6) is 1.54. The predicted molar refractivity (Wildman–Crippen MR) is 96.1 cm³/mol. The van der Waals surface area contributed by atoms with Crippen molar-refractivity contribution in [3.63, 3.8) is 0 Å². The topological polar surface area (TPSA) is 67.9 Å². The first kappa shape index (κ1) is 19.1. The number of nitrogens with zero attached hydrogens (tertiary/aromatic N) is 1. The highest BCUT2D eigenvalue weighted by molar-refractivity contribution is 5.95. The number of ether oxygens (including phenoxy) is 2. The number of likely N-dealkylation sites (tertiary alicyclic amines) is 1. The third-order valence-electron chi connectivity index (χ3n) is 4.50. The summed E-state index contributed by atoms with van der Waals surface area (Å²) in [6, 6.07) is 5.22. The van der Waals surface area contributed by atoms with Crippen molar-refractivity contribution in [2.24, 2.45) is 5.92 Å². The minimum Gasteiger partial charge on any atom is -0.493 e. The van der Waals surface area contributed by atoms with Crippen LogP contribution in [0.25, 0.3) is 0 Å². The number of piperidine rings is 1. The fourth-order valence-corrected chi connectivity index (χ4v) is 3.14. The number of nitrogens with one attached hydrogen (secondary N) is 1. The van der Waals surface area contributed by atoms with Crippen LogP contribution in [0.15, 0.2) is 18.2 Å². The maximum Gasteiger partial charge on any atom is 0.254 e. The monoisotopic (exact) mass is 348 g/mol. The molecule has 138 valence electrons. The normalized spacial score (nSPS) is 17.1. The molecule has 6 nitrogen and oxygen atoms in total. The van der Waals surface area contributed by atoms with Crippen molar-refractivity contribution in [2.45, 2.75) is 32.6 Å². The zero-order chi connectivity index (χ0) is 18.2. The molecule has 0 aromatic heterocycles. The van der Waals surface area contributed by atoms with E-state index < -0.39 is 0 Å². The molecular formula is C19H28N2O4. The summed E-state index contributed by atoms with van der Waals surface area (Å²) < 4.78 is 10.5. The maximum absolute atomic E-state index is 12.8. The largest absolute Gasteiger partial charge is 0.493 e. The van der Waals surface area contributed by atoms with Crippen LogP contribution >= 0.6 is 0 Å². The second kappa shape index (κ2) is 9.30. The molecule has 0 radical (unpaired) electrons.